The van der Waals surface area contributed by atoms with Gasteiger partial charge in [-0.3, -0.25) is 0 Å². The highest BCUT2D eigenvalue weighted by atomic mass is 19.1. The van der Waals surface area contributed by atoms with Gasteiger partial charge in [0.15, 0.2) is 0 Å². The monoisotopic (exact) mass is 293 g/mol. The van der Waals surface area contributed by atoms with Crippen molar-refractivity contribution in [1.82, 2.24) is 10.2 Å². The fraction of sp³-hybridized carbons (Fsp3) is 0.562. The summed E-state index contributed by atoms with van der Waals surface area (Å²) in [5, 5.41) is 6.21. The minimum atomic E-state index is -0.304. The van der Waals surface area contributed by atoms with E-state index in [0.29, 0.717) is 11.6 Å². The molecule has 1 fully saturated rings. The summed E-state index contributed by atoms with van der Waals surface area (Å²) in [6, 6.07) is 5.86. The van der Waals surface area contributed by atoms with Crippen LogP contribution in [0.2, 0.25) is 0 Å². The van der Waals surface area contributed by atoms with E-state index < -0.39 is 0 Å². The lowest BCUT2D eigenvalue weighted by Crippen LogP contribution is -2.46. The van der Waals surface area contributed by atoms with Crippen molar-refractivity contribution in [2.24, 2.45) is 5.92 Å². The number of nitrogens with zero attached hydrogens (tertiary/aromatic N) is 1. The second-order valence-corrected chi connectivity index (χ2v) is 5.90. The fourth-order valence-electron chi connectivity index (χ4n) is 2.61. The molecule has 0 spiro atoms. The number of urea groups is 1. The van der Waals surface area contributed by atoms with Crippen molar-refractivity contribution in [3.05, 3.63) is 30.1 Å². The lowest BCUT2D eigenvalue weighted by Gasteiger charge is -2.32. The van der Waals surface area contributed by atoms with Crippen LogP contribution >= 0.6 is 0 Å². The van der Waals surface area contributed by atoms with Gasteiger partial charge < -0.3 is 15.5 Å². The number of amides is 2. The Labute approximate surface area is 125 Å². The number of piperidine rings is 1. The van der Waals surface area contributed by atoms with Gasteiger partial charge in [0.05, 0.1) is 0 Å². The average molecular weight is 293 g/mol. The molecule has 0 radical (unpaired) electrons. The molecule has 2 amide bonds. The maximum atomic E-state index is 12.9. The maximum Gasteiger partial charge on any atom is 0.322 e. The summed E-state index contributed by atoms with van der Waals surface area (Å²) in [6.45, 7) is 6.81. The van der Waals surface area contributed by atoms with E-state index in [1.54, 1.807) is 12.1 Å². The first-order valence-electron chi connectivity index (χ1n) is 7.60. The number of halogens is 1. The first-order valence-corrected chi connectivity index (χ1v) is 7.60. The van der Waals surface area contributed by atoms with Gasteiger partial charge in [0.1, 0.15) is 5.82 Å². The van der Waals surface area contributed by atoms with E-state index in [-0.39, 0.29) is 17.9 Å². The molecular weight excluding hydrogens is 269 g/mol. The molecule has 0 aliphatic carbocycles. The van der Waals surface area contributed by atoms with Crippen LogP contribution in [0.3, 0.4) is 0 Å². The van der Waals surface area contributed by atoms with E-state index in [2.05, 4.69) is 10.6 Å². The minimum Gasteiger partial charge on any atom is -0.322 e. The predicted molar refractivity (Wildman–Crippen MR) is 82.9 cm³/mol. The first-order chi connectivity index (χ1) is 10.1. The number of hydrogen-bond donors (Lipinski definition) is 2. The van der Waals surface area contributed by atoms with E-state index in [0.717, 1.165) is 32.5 Å². The van der Waals surface area contributed by atoms with Crippen molar-refractivity contribution in [3.63, 3.8) is 0 Å². The molecule has 1 aliphatic heterocycles. The van der Waals surface area contributed by atoms with Crippen molar-refractivity contribution >= 4 is 11.7 Å². The third kappa shape index (κ3) is 4.70. The molecule has 0 saturated carbocycles. The molecule has 4 nitrogen and oxygen atoms in total. The highest BCUT2D eigenvalue weighted by Gasteiger charge is 2.22. The maximum absolute atomic E-state index is 12.9. The van der Waals surface area contributed by atoms with E-state index in [4.69, 9.17) is 0 Å². The summed E-state index contributed by atoms with van der Waals surface area (Å²) >= 11 is 0. The number of carbonyl (C=O) groups is 1. The van der Waals surface area contributed by atoms with Crippen LogP contribution in [0.25, 0.3) is 0 Å². The summed E-state index contributed by atoms with van der Waals surface area (Å²) in [5.74, 6) is 0.196. The molecule has 0 aromatic heterocycles. The van der Waals surface area contributed by atoms with Gasteiger partial charge in [0.25, 0.3) is 0 Å². The van der Waals surface area contributed by atoms with Gasteiger partial charge in [-0.15, -0.1) is 0 Å². The Hall–Kier alpha value is -1.62. The summed E-state index contributed by atoms with van der Waals surface area (Å²) in [5.41, 5.74) is 0.619. The van der Waals surface area contributed by atoms with Crippen molar-refractivity contribution in [2.45, 2.75) is 32.7 Å². The quantitative estimate of drug-likeness (QED) is 0.896. The van der Waals surface area contributed by atoms with Crippen molar-refractivity contribution < 1.29 is 9.18 Å². The second kappa shape index (κ2) is 7.41. The normalized spacial score (nSPS) is 18.6. The molecule has 1 saturated heterocycles. The minimum absolute atomic E-state index is 0.123. The van der Waals surface area contributed by atoms with E-state index in [1.165, 1.54) is 12.1 Å². The molecular formula is C16H24FN3O. The molecule has 21 heavy (non-hydrogen) atoms. The topological polar surface area (TPSA) is 44.4 Å². The molecule has 1 aromatic carbocycles. The Morgan fingerprint density at radius 3 is 2.71 bits per heavy atom. The van der Waals surface area contributed by atoms with E-state index >= 15 is 0 Å². The Bertz CT molecular complexity index is 455. The Morgan fingerprint density at radius 2 is 2.14 bits per heavy atom. The van der Waals surface area contributed by atoms with Crippen LogP contribution in [-0.2, 0) is 0 Å². The molecule has 116 valence electrons. The molecule has 5 heteroatoms. The zero-order valence-corrected chi connectivity index (χ0v) is 12.7. The lowest BCUT2D eigenvalue weighted by molar-refractivity contribution is 0.176. The number of benzene rings is 1. The van der Waals surface area contributed by atoms with Crippen LogP contribution in [0.15, 0.2) is 24.3 Å². The predicted octanol–water partition coefficient (Wildman–Crippen LogP) is 3.07. The molecule has 1 aromatic rings. The molecule has 1 unspecified atom stereocenters. The zero-order chi connectivity index (χ0) is 15.2. The van der Waals surface area contributed by atoms with Gasteiger partial charge in [-0.2, -0.15) is 0 Å². The Morgan fingerprint density at radius 1 is 1.43 bits per heavy atom. The lowest BCUT2D eigenvalue weighted by atomic mass is 9.99. The van der Waals surface area contributed by atoms with Gasteiger partial charge in [-0.25, -0.2) is 9.18 Å². The Kier molecular flexibility index (Phi) is 5.56. The van der Waals surface area contributed by atoms with Gasteiger partial charge in [0, 0.05) is 18.3 Å². The summed E-state index contributed by atoms with van der Waals surface area (Å²) in [7, 11) is 0. The fourth-order valence-corrected chi connectivity index (χ4v) is 2.61. The Balaban J connectivity index is 1.96. The molecule has 0 bridgehead atoms. The number of rotatable bonds is 4. The average Bonchev–Trinajstić information content (AvgIpc) is 2.48. The summed E-state index contributed by atoms with van der Waals surface area (Å²) in [4.78, 5) is 14.3. The molecule has 1 heterocycles. The summed E-state index contributed by atoms with van der Waals surface area (Å²) < 4.78 is 12.9. The van der Waals surface area contributed by atoms with Gasteiger partial charge in [-0.1, -0.05) is 0 Å². The highest BCUT2D eigenvalue weighted by Crippen LogP contribution is 2.16. The van der Waals surface area contributed by atoms with Crippen LogP contribution in [0, 0.1) is 11.7 Å². The van der Waals surface area contributed by atoms with Crippen LogP contribution in [0.4, 0.5) is 14.9 Å². The first kappa shape index (κ1) is 15.8. The third-order valence-corrected chi connectivity index (χ3v) is 3.83. The van der Waals surface area contributed by atoms with Gasteiger partial charge >= 0.3 is 6.03 Å². The third-order valence-electron chi connectivity index (χ3n) is 3.83. The zero-order valence-electron chi connectivity index (χ0n) is 12.7. The molecule has 1 atom stereocenters. The smallest absolute Gasteiger partial charge is 0.322 e. The molecule has 2 N–H and O–H groups in total. The second-order valence-electron chi connectivity index (χ2n) is 5.90. The molecule has 2 rings (SSSR count). The van der Waals surface area contributed by atoms with Crippen LogP contribution < -0.4 is 10.6 Å². The standard InChI is InChI=1S/C16H24FN3O/c1-12(2)20(11-13-4-3-9-18-10-13)16(21)19-15-7-5-14(17)6-8-15/h5-8,12-13,18H,3-4,9-11H2,1-2H3,(H,19,21). The number of anilines is 1. The summed E-state index contributed by atoms with van der Waals surface area (Å²) in [6.07, 6.45) is 2.32. The number of nitrogens with one attached hydrogen (secondary N) is 2. The van der Waals surface area contributed by atoms with E-state index in [9.17, 15) is 9.18 Å². The van der Waals surface area contributed by atoms with Crippen molar-refractivity contribution in [2.75, 3.05) is 25.0 Å². The van der Waals surface area contributed by atoms with Gasteiger partial charge in [0.2, 0.25) is 0 Å². The van der Waals surface area contributed by atoms with Gasteiger partial charge in [-0.05, 0) is 70.0 Å². The van der Waals surface area contributed by atoms with Crippen LogP contribution in [0.5, 0.6) is 0 Å². The molecule has 1 aliphatic rings. The van der Waals surface area contributed by atoms with Crippen molar-refractivity contribution in [3.8, 4) is 0 Å². The van der Waals surface area contributed by atoms with Crippen molar-refractivity contribution in [1.29, 1.82) is 0 Å². The number of carbonyl (C=O) groups excluding carboxylic acids is 1. The van der Waals surface area contributed by atoms with Crippen LogP contribution in [-0.4, -0.2) is 36.6 Å². The largest absolute Gasteiger partial charge is 0.322 e. The number of hydrogen-bond acceptors (Lipinski definition) is 2. The SMILES string of the molecule is CC(C)N(CC1CCCNC1)C(=O)Nc1ccc(F)cc1. The van der Waals surface area contributed by atoms with E-state index in [1.807, 2.05) is 18.7 Å². The van der Waals surface area contributed by atoms with Crippen LogP contribution in [0.1, 0.15) is 26.7 Å². The highest BCUT2D eigenvalue weighted by molar-refractivity contribution is 5.89.